The third-order valence-corrected chi connectivity index (χ3v) is 11.4. The van der Waals surface area contributed by atoms with Crippen LogP contribution in [-0.2, 0) is 22.7 Å². The summed E-state index contributed by atoms with van der Waals surface area (Å²) in [6.45, 7) is 6.17. The monoisotopic (exact) mass is 734 g/mol. The van der Waals surface area contributed by atoms with Crippen molar-refractivity contribution in [1.29, 1.82) is 0 Å². The number of ether oxygens (including phenoxy) is 1. The maximum Gasteiger partial charge on any atom is 0.255 e. The molecule has 272 valence electrons. The molecule has 0 aliphatic carbocycles. The standard InChI is InChI=1S/C39H39ClN8O5/c40-31-3-1-2-29(36(31)50)32-18-34-37(44-43-32)41-19-26-16-28(22-47(26)34)53-27-8-4-23(5-9-27)20-45-12-14-46(15-13-45)25-7-6-24-21-48(39(52)30(24)17-25)33-10-11-35(49)42-38(33)51/h1-9,17-18,26,28,33,50H,10-16,19-22H2,(H,41,44)(H,42,49,51)/t26-,28-,33?/m1/s1. The third-order valence-electron chi connectivity index (χ3n) is 11.1. The van der Waals surface area contributed by atoms with E-state index in [4.69, 9.17) is 16.3 Å². The topological polar surface area (TPSA) is 143 Å². The maximum atomic E-state index is 13.3. The molecular formula is C39H39ClN8O5. The molecule has 0 bridgehead atoms. The Balaban J connectivity index is 0.781. The molecule has 14 heteroatoms. The maximum absolute atomic E-state index is 13.3. The fourth-order valence-corrected chi connectivity index (χ4v) is 8.44. The molecule has 3 aromatic carbocycles. The van der Waals surface area contributed by atoms with E-state index >= 15 is 0 Å². The number of phenols is 1. The Labute approximate surface area is 311 Å². The van der Waals surface area contributed by atoms with Crippen molar-refractivity contribution in [2.75, 3.05) is 54.4 Å². The molecule has 0 spiro atoms. The summed E-state index contributed by atoms with van der Waals surface area (Å²) in [5.41, 5.74) is 5.84. The van der Waals surface area contributed by atoms with Crippen LogP contribution in [0.2, 0.25) is 5.02 Å². The van der Waals surface area contributed by atoms with Crippen LogP contribution in [0.25, 0.3) is 11.3 Å². The highest BCUT2D eigenvalue weighted by atomic mass is 35.5. The molecule has 5 aliphatic rings. The van der Waals surface area contributed by atoms with Gasteiger partial charge >= 0.3 is 0 Å². The Kier molecular flexibility index (Phi) is 8.54. The van der Waals surface area contributed by atoms with Crippen molar-refractivity contribution in [3.8, 4) is 22.8 Å². The van der Waals surface area contributed by atoms with Gasteiger partial charge in [-0.05, 0) is 60.0 Å². The number of nitrogens with one attached hydrogen (secondary N) is 2. The van der Waals surface area contributed by atoms with Crippen LogP contribution in [0.4, 0.5) is 17.2 Å². The van der Waals surface area contributed by atoms with E-state index in [9.17, 15) is 19.5 Å². The number of para-hydroxylation sites is 1. The van der Waals surface area contributed by atoms with Gasteiger partial charge in [0, 0.05) is 75.5 Å². The van der Waals surface area contributed by atoms with Crippen molar-refractivity contribution in [2.45, 2.75) is 50.5 Å². The summed E-state index contributed by atoms with van der Waals surface area (Å²) in [6, 6.07) is 21.2. The predicted molar refractivity (Wildman–Crippen MR) is 199 cm³/mol. The van der Waals surface area contributed by atoms with E-state index in [2.05, 4.69) is 65.9 Å². The number of aromatic hydroxyl groups is 1. The average molecular weight is 735 g/mol. The number of imide groups is 1. The van der Waals surface area contributed by atoms with Gasteiger partial charge in [0.2, 0.25) is 11.8 Å². The number of piperazine rings is 1. The van der Waals surface area contributed by atoms with Crippen LogP contribution in [0, 0.1) is 0 Å². The molecule has 3 amide bonds. The van der Waals surface area contributed by atoms with Crippen molar-refractivity contribution in [1.82, 2.24) is 25.3 Å². The lowest BCUT2D eigenvalue weighted by molar-refractivity contribution is -0.136. The number of piperidine rings is 1. The average Bonchev–Trinajstić information content (AvgIpc) is 3.73. The van der Waals surface area contributed by atoms with Gasteiger partial charge in [0.1, 0.15) is 23.6 Å². The first-order valence-electron chi connectivity index (χ1n) is 18.1. The normalized spacial score (nSPS) is 22.6. The summed E-state index contributed by atoms with van der Waals surface area (Å²) in [4.78, 5) is 46.0. The highest BCUT2D eigenvalue weighted by molar-refractivity contribution is 6.32. The zero-order valence-electron chi connectivity index (χ0n) is 29.0. The van der Waals surface area contributed by atoms with Crippen LogP contribution in [0.15, 0.2) is 66.7 Å². The van der Waals surface area contributed by atoms with Gasteiger partial charge in [-0.25, -0.2) is 0 Å². The minimum atomic E-state index is -0.607. The van der Waals surface area contributed by atoms with E-state index < -0.39 is 6.04 Å². The van der Waals surface area contributed by atoms with Gasteiger partial charge in [0.15, 0.2) is 5.82 Å². The molecule has 5 aliphatic heterocycles. The largest absolute Gasteiger partial charge is 0.506 e. The molecule has 6 heterocycles. The van der Waals surface area contributed by atoms with Crippen LogP contribution in [-0.4, -0.2) is 100 Å². The number of aromatic nitrogens is 2. The summed E-state index contributed by atoms with van der Waals surface area (Å²) in [5.74, 6) is 0.741. The highest BCUT2D eigenvalue weighted by Gasteiger charge is 2.40. The molecule has 9 rings (SSSR count). The van der Waals surface area contributed by atoms with Gasteiger partial charge < -0.3 is 29.9 Å². The van der Waals surface area contributed by atoms with Crippen molar-refractivity contribution >= 4 is 46.5 Å². The van der Waals surface area contributed by atoms with Gasteiger partial charge in [-0.3, -0.25) is 24.6 Å². The fourth-order valence-electron chi connectivity index (χ4n) is 8.27. The number of anilines is 3. The second-order valence-corrected chi connectivity index (χ2v) is 14.8. The number of carbonyl (C=O) groups excluding carboxylic acids is 3. The molecule has 1 unspecified atom stereocenters. The number of halogens is 1. The van der Waals surface area contributed by atoms with Crippen LogP contribution >= 0.6 is 11.6 Å². The van der Waals surface area contributed by atoms with Crippen LogP contribution in [0.1, 0.15) is 40.7 Å². The molecule has 0 saturated carbocycles. The van der Waals surface area contributed by atoms with Crippen molar-refractivity contribution in [3.63, 3.8) is 0 Å². The first-order chi connectivity index (χ1) is 25.8. The number of rotatable bonds is 7. The number of hydrogen-bond acceptors (Lipinski definition) is 11. The van der Waals surface area contributed by atoms with Gasteiger partial charge in [0.05, 0.1) is 29.0 Å². The Hall–Kier alpha value is -5.40. The van der Waals surface area contributed by atoms with Gasteiger partial charge in [-0.15, -0.1) is 10.2 Å². The number of carbonyl (C=O) groups is 3. The summed E-state index contributed by atoms with van der Waals surface area (Å²) in [6.07, 6.45) is 1.49. The molecule has 1 aromatic heterocycles. The molecular weight excluding hydrogens is 696 g/mol. The van der Waals surface area contributed by atoms with E-state index in [1.54, 1.807) is 23.1 Å². The zero-order chi connectivity index (χ0) is 36.2. The number of fused-ring (bicyclic) bond motifs is 4. The van der Waals surface area contributed by atoms with Crippen LogP contribution < -0.4 is 25.2 Å². The number of benzene rings is 3. The number of nitrogens with zero attached hydrogens (tertiary/aromatic N) is 6. The zero-order valence-corrected chi connectivity index (χ0v) is 29.8. The molecule has 3 saturated heterocycles. The fraction of sp³-hybridized carbons (Fsp3) is 0.359. The predicted octanol–water partition coefficient (Wildman–Crippen LogP) is 4.04. The van der Waals surface area contributed by atoms with Crippen LogP contribution in [0.5, 0.6) is 11.5 Å². The quantitative estimate of drug-likeness (QED) is 0.237. The molecule has 3 atom stereocenters. The summed E-state index contributed by atoms with van der Waals surface area (Å²) in [5, 5.41) is 25.3. The Bertz CT molecular complexity index is 2110. The number of amides is 3. The first kappa shape index (κ1) is 33.4. The van der Waals surface area contributed by atoms with Gasteiger partial charge in [0.25, 0.3) is 5.91 Å². The Morgan fingerprint density at radius 1 is 0.925 bits per heavy atom. The number of hydrogen-bond donors (Lipinski definition) is 3. The SMILES string of the molecule is O=C1CCC(N2Cc3ccc(N4CCN(Cc5ccc(O[C@@H]6C[C@@H]7CNc8nnc(-c9cccc(Cl)c9O)cc8N7C6)cc5)CC4)cc3C2=O)C(=O)N1. The van der Waals surface area contributed by atoms with Gasteiger partial charge in [-0.1, -0.05) is 35.9 Å². The van der Waals surface area contributed by atoms with E-state index in [-0.39, 0.29) is 47.1 Å². The molecule has 0 radical (unpaired) electrons. The Morgan fingerprint density at radius 2 is 1.75 bits per heavy atom. The van der Waals surface area contributed by atoms with Crippen LogP contribution in [0.3, 0.4) is 0 Å². The summed E-state index contributed by atoms with van der Waals surface area (Å²) in [7, 11) is 0. The highest BCUT2D eigenvalue weighted by Crippen LogP contribution is 2.40. The molecule has 53 heavy (non-hydrogen) atoms. The lowest BCUT2D eigenvalue weighted by Crippen LogP contribution is -2.52. The first-order valence-corrected chi connectivity index (χ1v) is 18.5. The van der Waals surface area contributed by atoms with E-state index in [0.717, 1.165) is 74.2 Å². The molecule has 13 nitrogen and oxygen atoms in total. The second kappa shape index (κ2) is 13.5. The number of phenolic OH excluding ortho intramolecular Hbond substituents is 1. The summed E-state index contributed by atoms with van der Waals surface area (Å²) < 4.78 is 6.49. The molecule has 4 aromatic rings. The minimum absolute atomic E-state index is 0.00595. The lowest BCUT2D eigenvalue weighted by atomic mass is 10.0. The minimum Gasteiger partial charge on any atom is -0.506 e. The third kappa shape index (κ3) is 6.37. The second-order valence-electron chi connectivity index (χ2n) is 14.4. The van der Waals surface area contributed by atoms with E-state index in [1.807, 2.05) is 18.2 Å². The molecule has 3 N–H and O–H groups in total. The van der Waals surface area contributed by atoms with E-state index in [0.29, 0.717) is 36.3 Å². The van der Waals surface area contributed by atoms with Crippen molar-refractivity contribution < 1.29 is 24.2 Å². The van der Waals surface area contributed by atoms with Gasteiger partial charge in [-0.2, -0.15) is 0 Å². The molecule has 3 fully saturated rings. The smallest absolute Gasteiger partial charge is 0.255 e. The van der Waals surface area contributed by atoms with Crippen molar-refractivity contribution in [3.05, 3.63) is 88.4 Å². The van der Waals surface area contributed by atoms with Crippen molar-refractivity contribution in [2.24, 2.45) is 0 Å². The van der Waals surface area contributed by atoms with E-state index in [1.165, 1.54) is 5.56 Å². The Morgan fingerprint density at radius 3 is 2.57 bits per heavy atom. The lowest BCUT2D eigenvalue weighted by Gasteiger charge is -2.36. The summed E-state index contributed by atoms with van der Waals surface area (Å²) >= 11 is 6.16.